The van der Waals surface area contributed by atoms with Crippen molar-refractivity contribution in [2.75, 3.05) is 35.6 Å². The van der Waals surface area contributed by atoms with Crippen LogP contribution in [0.5, 0.6) is 11.5 Å². The maximum absolute atomic E-state index is 12.4. The summed E-state index contributed by atoms with van der Waals surface area (Å²) in [5, 5.41) is 11.2. The molecule has 1 aliphatic heterocycles. The highest BCUT2D eigenvalue weighted by atomic mass is 32.2. The Morgan fingerprint density at radius 1 is 1.29 bits per heavy atom. The lowest BCUT2D eigenvalue weighted by Crippen LogP contribution is -2.37. The van der Waals surface area contributed by atoms with Crippen LogP contribution in [0.4, 0.5) is 10.8 Å². The fraction of sp³-hybridized carbons (Fsp3) is 0.438. The third-order valence-electron chi connectivity index (χ3n) is 3.49. The number of nitrogens with one attached hydrogen (secondary N) is 1. The summed E-state index contributed by atoms with van der Waals surface area (Å²) in [4.78, 5) is 12.4. The molecule has 1 aromatic carbocycles. The van der Waals surface area contributed by atoms with Gasteiger partial charge in [0.1, 0.15) is 19.8 Å². The van der Waals surface area contributed by atoms with Crippen molar-refractivity contribution < 1.29 is 22.7 Å². The number of hydrogen-bond acceptors (Lipinski definition) is 9. The number of amides is 1. The number of aromatic nitrogens is 2. The Morgan fingerprint density at radius 3 is 2.68 bits per heavy atom. The predicted octanol–water partition coefficient (Wildman–Crippen LogP) is 2.21. The summed E-state index contributed by atoms with van der Waals surface area (Å²) in [7, 11) is -3.70. The first kappa shape index (κ1) is 20.7. The molecule has 28 heavy (non-hydrogen) atoms. The summed E-state index contributed by atoms with van der Waals surface area (Å²) in [6.07, 6.45) is 1.04. The second-order valence-electron chi connectivity index (χ2n) is 6.19. The molecular weight excluding hydrogens is 424 g/mol. The van der Waals surface area contributed by atoms with Crippen molar-refractivity contribution in [2.45, 2.75) is 23.4 Å². The minimum absolute atomic E-state index is 0.315. The lowest BCUT2D eigenvalue weighted by atomic mass is 10.2. The second-order valence-corrected chi connectivity index (χ2v) is 10.9. The third kappa shape index (κ3) is 5.26. The molecule has 1 N–H and O–H groups in total. The van der Waals surface area contributed by atoms with Gasteiger partial charge >= 0.3 is 0 Å². The molecule has 1 amide bonds. The normalized spacial score (nSPS) is 13.4. The van der Waals surface area contributed by atoms with Crippen LogP contribution in [-0.2, 0) is 14.8 Å². The molecule has 0 saturated heterocycles. The molecule has 1 aromatic heterocycles. The minimum atomic E-state index is -3.70. The number of rotatable bonds is 7. The van der Waals surface area contributed by atoms with Crippen molar-refractivity contribution in [1.29, 1.82) is 0 Å². The van der Waals surface area contributed by atoms with E-state index >= 15 is 0 Å². The van der Waals surface area contributed by atoms with Gasteiger partial charge < -0.3 is 9.47 Å². The van der Waals surface area contributed by atoms with Gasteiger partial charge in [-0.1, -0.05) is 36.9 Å². The van der Waals surface area contributed by atoms with Crippen molar-refractivity contribution >= 4 is 49.8 Å². The number of fused-ring (bicyclic) bond motifs is 1. The number of hydrogen-bond donors (Lipinski definition) is 1. The lowest BCUT2D eigenvalue weighted by molar-refractivity contribution is -0.114. The van der Waals surface area contributed by atoms with Gasteiger partial charge in [0, 0.05) is 11.3 Å². The molecule has 3 rings (SSSR count). The Morgan fingerprint density at radius 2 is 2.00 bits per heavy atom. The van der Waals surface area contributed by atoms with Crippen LogP contribution in [0.1, 0.15) is 13.8 Å². The Bertz CT molecular complexity index is 961. The Labute approximate surface area is 171 Å². The predicted molar refractivity (Wildman–Crippen MR) is 109 cm³/mol. The topological polar surface area (TPSA) is 111 Å². The fourth-order valence-corrected chi connectivity index (χ4v) is 5.23. The summed E-state index contributed by atoms with van der Waals surface area (Å²) in [5.41, 5.74) is 0.315. The highest BCUT2D eigenvalue weighted by Crippen LogP contribution is 2.34. The number of ether oxygens (including phenoxy) is 2. The van der Waals surface area contributed by atoms with E-state index in [1.165, 1.54) is 23.1 Å². The summed E-state index contributed by atoms with van der Waals surface area (Å²) in [6.45, 7) is 4.47. The van der Waals surface area contributed by atoms with E-state index in [9.17, 15) is 13.2 Å². The summed E-state index contributed by atoms with van der Waals surface area (Å²) < 4.78 is 37.2. The maximum Gasteiger partial charge on any atom is 0.246 e. The standard InChI is InChI=1S/C16H20N4O5S3/c1-10(2)26-16-19-18-15(27-16)17-14(21)9-20(28(3,22)23)11-4-5-12-13(8-11)25-7-6-24-12/h4-5,8,10H,6-7,9H2,1-3H3,(H,17,18,21). The van der Waals surface area contributed by atoms with Gasteiger partial charge in [0.05, 0.1) is 11.9 Å². The molecule has 0 radical (unpaired) electrons. The molecule has 0 saturated carbocycles. The molecule has 2 heterocycles. The van der Waals surface area contributed by atoms with Gasteiger partial charge in [0.25, 0.3) is 0 Å². The van der Waals surface area contributed by atoms with Crippen molar-refractivity contribution in [3.63, 3.8) is 0 Å². The molecule has 0 unspecified atom stereocenters. The number of thioether (sulfide) groups is 1. The van der Waals surface area contributed by atoms with E-state index in [4.69, 9.17) is 9.47 Å². The minimum Gasteiger partial charge on any atom is -0.486 e. The van der Waals surface area contributed by atoms with Gasteiger partial charge in [-0.25, -0.2) is 8.42 Å². The van der Waals surface area contributed by atoms with E-state index in [1.54, 1.807) is 18.2 Å². The Hall–Kier alpha value is -2.05. The quantitative estimate of drug-likeness (QED) is 0.511. The van der Waals surface area contributed by atoms with Crippen LogP contribution in [0.25, 0.3) is 0 Å². The molecule has 0 aliphatic carbocycles. The van der Waals surface area contributed by atoms with Crippen molar-refractivity contribution in [3.8, 4) is 11.5 Å². The van der Waals surface area contributed by atoms with Crippen LogP contribution in [0.15, 0.2) is 22.5 Å². The monoisotopic (exact) mass is 444 g/mol. The van der Waals surface area contributed by atoms with Crippen LogP contribution in [0.2, 0.25) is 0 Å². The number of carbonyl (C=O) groups excluding carboxylic acids is 1. The highest BCUT2D eigenvalue weighted by molar-refractivity contribution is 8.01. The molecule has 12 heteroatoms. The SMILES string of the molecule is CC(C)Sc1nnc(NC(=O)CN(c2ccc3c(c2)OCCO3)S(C)(=O)=O)s1. The van der Waals surface area contributed by atoms with Crippen LogP contribution >= 0.6 is 23.1 Å². The van der Waals surface area contributed by atoms with E-state index in [0.29, 0.717) is 40.8 Å². The zero-order valence-electron chi connectivity index (χ0n) is 15.5. The van der Waals surface area contributed by atoms with E-state index < -0.39 is 22.5 Å². The van der Waals surface area contributed by atoms with Crippen molar-refractivity contribution in [3.05, 3.63) is 18.2 Å². The van der Waals surface area contributed by atoms with Crippen molar-refractivity contribution in [1.82, 2.24) is 10.2 Å². The Kier molecular flexibility index (Phi) is 6.30. The molecule has 152 valence electrons. The van der Waals surface area contributed by atoms with Gasteiger partial charge in [-0.05, 0) is 12.1 Å². The first-order valence-electron chi connectivity index (χ1n) is 8.40. The molecule has 0 atom stereocenters. The zero-order chi connectivity index (χ0) is 20.3. The molecule has 0 bridgehead atoms. The first-order valence-corrected chi connectivity index (χ1v) is 11.9. The number of carbonyl (C=O) groups is 1. The number of anilines is 2. The van der Waals surface area contributed by atoms with Gasteiger partial charge in [-0.2, -0.15) is 0 Å². The van der Waals surface area contributed by atoms with Crippen LogP contribution < -0.4 is 19.1 Å². The van der Waals surface area contributed by atoms with Crippen LogP contribution in [0.3, 0.4) is 0 Å². The molecule has 1 aliphatic rings. The molecule has 2 aromatic rings. The van der Waals surface area contributed by atoms with E-state index in [-0.39, 0.29) is 0 Å². The Balaban J connectivity index is 1.74. The van der Waals surface area contributed by atoms with Gasteiger partial charge in [-0.3, -0.25) is 14.4 Å². The van der Waals surface area contributed by atoms with Crippen LogP contribution in [-0.4, -0.2) is 55.8 Å². The summed E-state index contributed by atoms with van der Waals surface area (Å²) >= 11 is 2.78. The summed E-state index contributed by atoms with van der Waals surface area (Å²) in [6, 6.07) is 4.75. The maximum atomic E-state index is 12.4. The third-order valence-corrected chi connectivity index (χ3v) is 6.56. The zero-order valence-corrected chi connectivity index (χ0v) is 18.0. The molecule has 0 spiro atoms. The first-order chi connectivity index (χ1) is 13.2. The fourth-order valence-electron chi connectivity index (χ4n) is 2.39. The molecule has 0 fully saturated rings. The second kappa shape index (κ2) is 8.53. The average Bonchev–Trinajstić information content (AvgIpc) is 3.04. The van der Waals surface area contributed by atoms with Gasteiger partial charge in [-0.15, -0.1) is 10.2 Å². The van der Waals surface area contributed by atoms with Gasteiger partial charge in [0.2, 0.25) is 21.1 Å². The van der Waals surface area contributed by atoms with Gasteiger partial charge in [0.15, 0.2) is 15.8 Å². The van der Waals surface area contributed by atoms with E-state index in [1.807, 2.05) is 13.8 Å². The number of benzene rings is 1. The largest absolute Gasteiger partial charge is 0.486 e. The highest BCUT2D eigenvalue weighted by Gasteiger charge is 2.24. The average molecular weight is 445 g/mol. The summed E-state index contributed by atoms with van der Waals surface area (Å²) in [5.74, 6) is 0.465. The molecule has 9 nitrogen and oxygen atoms in total. The van der Waals surface area contributed by atoms with Crippen molar-refractivity contribution in [2.24, 2.45) is 0 Å². The van der Waals surface area contributed by atoms with E-state index in [2.05, 4.69) is 15.5 Å². The number of sulfonamides is 1. The van der Waals surface area contributed by atoms with Crippen LogP contribution in [0, 0.1) is 0 Å². The van der Waals surface area contributed by atoms with E-state index in [0.717, 1.165) is 14.9 Å². The number of nitrogens with zero attached hydrogens (tertiary/aromatic N) is 3. The lowest BCUT2D eigenvalue weighted by Gasteiger charge is -2.24. The smallest absolute Gasteiger partial charge is 0.246 e. The molecular formula is C16H20N4O5S3.